The second kappa shape index (κ2) is 32.0. The summed E-state index contributed by atoms with van der Waals surface area (Å²) in [7, 11) is 0. The maximum absolute atomic E-state index is 6.02. The van der Waals surface area contributed by atoms with Crippen LogP contribution in [0.5, 0.6) is 11.5 Å². The molecule has 1 aromatic heterocycles. The van der Waals surface area contributed by atoms with Crippen LogP contribution in [0.15, 0.2) is 48.7 Å². The third-order valence-electron chi connectivity index (χ3n) is 6.22. The molecule has 0 aliphatic rings. The highest BCUT2D eigenvalue weighted by molar-refractivity contribution is 5.84. The molecular weight excluding hydrogens is 781 g/mol. The first-order valence-corrected chi connectivity index (χ1v) is 17.4. The minimum Gasteiger partial charge on any atom is -0.407 e. The highest BCUT2D eigenvalue weighted by Crippen LogP contribution is 2.26. The summed E-state index contributed by atoms with van der Waals surface area (Å²) in [4.78, 5) is 0. The van der Waals surface area contributed by atoms with E-state index >= 15 is 0 Å². The first-order valence-electron chi connectivity index (χ1n) is 17.4. The van der Waals surface area contributed by atoms with Crippen molar-refractivity contribution >= 4 is 10.9 Å². The zero-order valence-corrected chi connectivity index (χ0v) is 33.0. The molecule has 4 nitrogen and oxygen atoms in total. The number of rotatable bonds is 5. The van der Waals surface area contributed by atoms with Crippen LogP contribution in [0.3, 0.4) is 0 Å². The number of hydrogen-bond acceptors (Lipinski definition) is 3. The number of fused-ring (bicyclic) bond motifs is 1. The first kappa shape index (κ1) is 46.2. The number of benzene rings is 2. The fourth-order valence-corrected chi connectivity index (χ4v) is 4.01. The minimum absolute atomic E-state index is 0.394. The minimum atomic E-state index is 0.394. The molecule has 4 heteroatoms. The largest absolute Gasteiger partial charge is 0.407 e. The molecule has 0 fully saturated rings. The van der Waals surface area contributed by atoms with Crippen molar-refractivity contribution in [2.45, 2.75) is 13.1 Å². The van der Waals surface area contributed by atoms with Crippen molar-refractivity contribution in [3.63, 3.8) is 0 Å². The Morgan fingerprint density at radius 3 is 1.05 bits per heavy atom. The van der Waals surface area contributed by atoms with Crippen molar-refractivity contribution in [2.24, 2.45) is 5.73 Å². The molecule has 2 aromatic carbocycles. The Kier molecular flexibility index (Phi) is 23.1. The Labute approximate surface area is 375 Å². The van der Waals surface area contributed by atoms with E-state index < -0.39 is 0 Å². The smallest absolute Gasteiger partial charge is 0.144 e. The SMILES string of the molecule is C#CC#CC#CC#CC#CC#CC#CC#CC#CC#CC#COc1cc(Cn2cc(CN)c3ccccc32)cc(OC#CC#CC#CC#CC#CC#CC#CC#CC#CC#CC#C)c1. The first-order chi connectivity index (χ1) is 31.7. The van der Waals surface area contributed by atoms with Crippen molar-refractivity contribution in [3.05, 3.63) is 59.8 Å². The summed E-state index contributed by atoms with van der Waals surface area (Å²) in [6, 6.07) is 13.3. The molecule has 0 saturated heterocycles. The van der Waals surface area contributed by atoms with Gasteiger partial charge in [0.1, 0.15) is 23.7 Å². The van der Waals surface area contributed by atoms with Gasteiger partial charge in [-0.15, -0.1) is 12.8 Å². The number of terminal acetylenes is 2. The predicted octanol–water partition coefficient (Wildman–Crippen LogP) is 3.16. The van der Waals surface area contributed by atoms with E-state index in [4.69, 9.17) is 28.1 Å². The van der Waals surface area contributed by atoms with Crippen molar-refractivity contribution in [1.29, 1.82) is 0 Å². The molecule has 0 unspecified atom stereocenters. The maximum atomic E-state index is 6.02. The summed E-state index contributed by atoms with van der Waals surface area (Å²) in [5.74, 6) is 100. The van der Waals surface area contributed by atoms with Gasteiger partial charge in [0.2, 0.25) is 0 Å². The molecule has 2 N–H and O–H groups in total. The molecule has 64 heavy (non-hydrogen) atoms. The fraction of sp³-hybridized carbons (Fsp3) is 0.0333. The lowest BCUT2D eigenvalue weighted by atomic mass is 10.2. The molecule has 0 aliphatic carbocycles. The molecule has 278 valence electrons. The molecule has 3 aromatic rings. The van der Waals surface area contributed by atoms with Crippen molar-refractivity contribution in [3.8, 4) is 273 Å². The second-order valence-corrected chi connectivity index (χ2v) is 10.3. The topological polar surface area (TPSA) is 49.4 Å². The zero-order chi connectivity index (χ0) is 45.2. The van der Waals surface area contributed by atoms with Crippen molar-refractivity contribution in [2.75, 3.05) is 0 Å². The molecule has 3 rings (SSSR count). The van der Waals surface area contributed by atoms with Gasteiger partial charge in [-0.3, -0.25) is 0 Å². The molecule has 0 saturated carbocycles. The van der Waals surface area contributed by atoms with Gasteiger partial charge in [-0.1, -0.05) is 18.2 Å². The molecule has 0 atom stereocenters. The van der Waals surface area contributed by atoms with Crippen LogP contribution in [0, 0.1) is 262 Å². The van der Waals surface area contributed by atoms with Gasteiger partial charge >= 0.3 is 0 Å². The van der Waals surface area contributed by atoms with Gasteiger partial charge in [0.25, 0.3) is 0 Å². The third-order valence-corrected chi connectivity index (χ3v) is 6.22. The lowest BCUT2D eigenvalue weighted by Crippen LogP contribution is -2.00. The molecule has 0 amide bonds. The summed E-state index contributed by atoms with van der Waals surface area (Å²) in [6.07, 6.45) is 17.1. The Bertz CT molecular complexity index is 3620. The standard InChI is InChI=1S/C60H16N2O2/c1-3-5-7-9-11-13-15-17-19-21-23-25-27-29-31-33-35-37-39-43-47-63-57-49-55(53-62-54-56(52-61)59-45-41-42-46-60(59)62)50-58(51-57)64-48-44-40-38-36-34-32-30-28-26-24-22-20-18-16-14-12-10-8-6-4-2/h1-2,41-42,45-46,49-51,54H,52-53,61H2. The number of aromatic nitrogens is 1. The molecule has 0 spiro atoms. The van der Waals surface area contributed by atoms with Gasteiger partial charge in [-0.2, -0.15) is 0 Å². The second-order valence-electron chi connectivity index (χ2n) is 10.3. The third kappa shape index (κ3) is 21.2. The van der Waals surface area contributed by atoms with Gasteiger partial charge in [-0.25, -0.2) is 0 Å². The fourth-order valence-electron chi connectivity index (χ4n) is 4.01. The van der Waals surface area contributed by atoms with E-state index in [1.165, 1.54) is 0 Å². The maximum Gasteiger partial charge on any atom is 0.144 e. The predicted molar refractivity (Wildman–Crippen MR) is 250 cm³/mol. The summed E-state index contributed by atoms with van der Waals surface area (Å²) in [5.41, 5.74) is 8.91. The lowest BCUT2D eigenvalue weighted by Gasteiger charge is -2.09. The molecule has 0 bridgehead atoms. The highest BCUT2D eigenvalue weighted by atomic mass is 16.5. The summed E-state index contributed by atoms with van der Waals surface area (Å²) in [6.45, 7) is 0.875. The molecule has 1 heterocycles. The number of nitrogens with two attached hydrogens (primary N) is 1. The van der Waals surface area contributed by atoms with Crippen LogP contribution < -0.4 is 15.2 Å². The van der Waals surface area contributed by atoms with Crippen LogP contribution in [-0.2, 0) is 13.1 Å². The van der Waals surface area contributed by atoms with E-state index in [-0.39, 0.29) is 0 Å². The summed E-state index contributed by atoms with van der Waals surface area (Å²) in [5, 5.41) is 1.07. The Balaban J connectivity index is 1.65. The van der Waals surface area contributed by atoms with Gasteiger partial charge in [0.05, 0.1) is 0 Å². The van der Waals surface area contributed by atoms with Gasteiger partial charge in [0, 0.05) is 178 Å². The van der Waals surface area contributed by atoms with Crippen LogP contribution in [0.1, 0.15) is 11.1 Å². The highest BCUT2D eigenvalue weighted by Gasteiger charge is 2.09. The van der Waals surface area contributed by atoms with Crippen LogP contribution in [0.25, 0.3) is 10.9 Å². The Hall–Kier alpha value is -12.1. The van der Waals surface area contributed by atoms with E-state index in [9.17, 15) is 0 Å². The van der Waals surface area contributed by atoms with E-state index in [1.807, 2.05) is 42.6 Å². The monoisotopic (exact) mass is 796 g/mol. The van der Waals surface area contributed by atoms with Gasteiger partial charge in [0.15, 0.2) is 0 Å². The Morgan fingerprint density at radius 1 is 0.406 bits per heavy atom. The van der Waals surface area contributed by atoms with Crippen LogP contribution in [0.4, 0.5) is 0 Å². The van der Waals surface area contributed by atoms with Crippen LogP contribution in [-0.4, -0.2) is 4.57 Å². The van der Waals surface area contributed by atoms with Crippen LogP contribution in [0.2, 0.25) is 0 Å². The lowest BCUT2D eigenvalue weighted by molar-refractivity contribution is 0.494. The Morgan fingerprint density at radius 2 is 0.719 bits per heavy atom. The molecular formula is C60H16N2O2. The number of nitrogens with zero attached hydrogens (tertiary/aromatic N) is 1. The van der Waals surface area contributed by atoms with Crippen LogP contribution >= 0.6 is 0 Å². The van der Waals surface area contributed by atoms with Crippen molar-refractivity contribution < 1.29 is 9.47 Å². The summed E-state index contributed by atoms with van der Waals surface area (Å²) < 4.78 is 13.4. The van der Waals surface area contributed by atoms with Gasteiger partial charge in [-0.05, 0) is 124 Å². The average Bonchev–Trinajstić information content (AvgIpc) is 3.66. The zero-order valence-electron chi connectivity index (χ0n) is 33.0. The van der Waals surface area contributed by atoms with E-state index in [1.54, 1.807) is 6.07 Å². The normalized spacial score (nSPS) is 6.30. The average molecular weight is 797 g/mol. The molecule has 0 aliphatic heterocycles. The van der Waals surface area contributed by atoms with E-state index in [0.717, 1.165) is 22.0 Å². The number of hydrogen-bond donors (Lipinski definition) is 1. The summed E-state index contributed by atoms with van der Waals surface area (Å²) >= 11 is 0. The van der Waals surface area contributed by atoms with E-state index in [2.05, 4.69) is 254 Å². The van der Waals surface area contributed by atoms with Crippen molar-refractivity contribution in [1.82, 2.24) is 4.57 Å². The van der Waals surface area contributed by atoms with E-state index in [0.29, 0.717) is 24.6 Å². The number of para-hydroxylation sites is 1. The number of ether oxygens (including phenoxy) is 2. The van der Waals surface area contributed by atoms with Gasteiger partial charge < -0.3 is 19.8 Å². The quantitative estimate of drug-likeness (QED) is 0.405. The molecule has 0 radical (unpaired) electrons.